The van der Waals surface area contributed by atoms with Crippen molar-refractivity contribution in [2.45, 2.75) is 65.0 Å². The highest BCUT2D eigenvalue weighted by Gasteiger charge is 2.38. The summed E-state index contributed by atoms with van der Waals surface area (Å²) >= 11 is 0. The molecule has 0 saturated carbocycles. The van der Waals surface area contributed by atoms with Crippen LogP contribution < -0.4 is 0 Å². The zero-order valence-corrected chi connectivity index (χ0v) is 13.1. The molecule has 1 atom stereocenters. The van der Waals surface area contributed by atoms with E-state index in [1.54, 1.807) is 6.20 Å². The second-order valence-corrected chi connectivity index (χ2v) is 5.90. The molecule has 1 unspecified atom stereocenters. The van der Waals surface area contributed by atoms with E-state index in [1.807, 2.05) is 6.20 Å². The van der Waals surface area contributed by atoms with Crippen molar-refractivity contribution in [3.05, 3.63) is 18.2 Å². The fourth-order valence-electron chi connectivity index (χ4n) is 3.11. The molecule has 1 fully saturated rings. The predicted molar refractivity (Wildman–Crippen MR) is 80.7 cm³/mol. The molecule has 0 radical (unpaired) electrons. The van der Waals surface area contributed by atoms with Gasteiger partial charge in [0.15, 0.2) is 5.78 Å². The zero-order valence-electron chi connectivity index (χ0n) is 13.1. The lowest BCUT2D eigenvalue weighted by Crippen LogP contribution is -2.54. The van der Waals surface area contributed by atoms with Crippen LogP contribution in [0.5, 0.6) is 0 Å². The Morgan fingerprint density at radius 2 is 2.00 bits per heavy atom. The van der Waals surface area contributed by atoms with Crippen molar-refractivity contribution in [1.82, 2.24) is 14.5 Å². The van der Waals surface area contributed by atoms with Crippen LogP contribution >= 0.6 is 0 Å². The van der Waals surface area contributed by atoms with Crippen LogP contribution in [0, 0.1) is 0 Å². The number of carbonyl (C=O) groups is 1. The van der Waals surface area contributed by atoms with Gasteiger partial charge >= 0.3 is 0 Å². The fraction of sp³-hybridized carbons (Fsp3) is 0.750. The molecule has 112 valence electrons. The van der Waals surface area contributed by atoms with E-state index in [-0.39, 0.29) is 5.54 Å². The van der Waals surface area contributed by atoms with Gasteiger partial charge in [0.1, 0.15) is 5.82 Å². The molecule has 1 aromatic rings. The third-order valence-electron chi connectivity index (χ3n) is 4.80. The number of likely N-dealkylation sites (tertiary alicyclic amines) is 1. The molecule has 2 heterocycles. The van der Waals surface area contributed by atoms with E-state index in [2.05, 4.69) is 35.2 Å². The van der Waals surface area contributed by atoms with Crippen LogP contribution in [-0.2, 0) is 17.8 Å². The van der Waals surface area contributed by atoms with Crippen molar-refractivity contribution in [1.29, 1.82) is 0 Å². The van der Waals surface area contributed by atoms with Gasteiger partial charge in [0.25, 0.3) is 0 Å². The van der Waals surface area contributed by atoms with Gasteiger partial charge in [-0.05, 0) is 46.2 Å². The summed E-state index contributed by atoms with van der Waals surface area (Å²) in [5.41, 5.74) is -0.328. The molecular formula is C16H27N3O. The van der Waals surface area contributed by atoms with Crippen molar-refractivity contribution < 1.29 is 4.79 Å². The lowest BCUT2D eigenvalue weighted by molar-refractivity contribution is -0.130. The smallest absolute Gasteiger partial charge is 0.160 e. The van der Waals surface area contributed by atoms with Crippen LogP contribution in [0.25, 0.3) is 0 Å². The number of aromatic nitrogens is 2. The first-order chi connectivity index (χ1) is 9.61. The first-order valence-corrected chi connectivity index (χ1v) is 7.90. The van der Waals surface area contributed by atoms with Crippen molar-refractivity contribution in [2.75, 3.05) is 13.1 Å². The highest BCUT2D eigenvalue weighted by Crippen LogP contribution is 2.26. The highest BCUT2D eigenvalue weighted by atomic mass is 16.1. The average molecular weight is 277 g/mol. The number of nitrogens with zero attached hydrogens (tertiary/aromatic N) is 3. The van der Waals surface area contributed by atoms with Gasteiger partial charge in [0.2, 0.25) is 0 Å². The van der Waals surface area contributed by atoms with Gasteiger partial charge in [-0.25, -0.2) is 4.98 Å². The summed E-state index contributed by atoms with van der Waals surface area (Å²) in [5, 5.41) is 0. The maximum atomic E-state index is 12.8. The Hall–Kier alpha value is -1.16. The van der Waals surface area contributed by atoms with Crippen molar-refractivity contribution in [2.24, 2.45) is 0 Å². The number of hydrogen-bond donors (Lipinski definition) is 0. The van der Waals surface area contributed by atoms with Crippen molar-refractivity contribution in [3.8, 4) is 0 Å². The van der Waals surface area contributed by atoms with Gasteiger partial charge in [-0.1, -0.05) is 13.3 Å². The molecule has 1 saturated heterocycles. The first-order valence-electron chi connectivity index (χ1n) is 7.90. The van der Waals surface area contributed by atoms with Crippen LogP contribution in [0.2, 0.25) is 0 Å². The minimum Gasteiger partial charge on any atom is -0.335 e. The zero-order chi connectivity index (χ0) is 14.6. The van der Waals surface area contributed by atoms with E-state index >= 15 is 0 Å². The van der Waals surface area contributed by atoms with Crippen molar-refractivity contribution in [3.63, 3.8) is 0 Å². The largest absolute Gasteiger partial charge is 0.335 e. The molecule has 0 aliphatic carbocycles. The summed E-state index contributed by atoms with van der Waals surface area (Å²) < 4.78 is 2.06. The standard InChI is InChI=1S/C16H27N3O/c1-4-16(3,19-10-7-6-8-11-19)14(20)13-15-17-9-12-18(15)5-2/h9,12H,4-8,10-11,13H2,1-3H3. The number of ketones is 1. The van der Waals surface area contributed by atoms with E-state index in [0.29, 0.717) is 12.2 Å². The monoisotopic (exact) mass is 277 g/mol. The third-order valence-corrected chi connectivity index (χ3v) is 4.80. The minimum absolute atomic E-state index is 0.308. The molecule has 1 aromatic heterocycles. The Labute approximate surface area is 122 Å². The summed E-state index contributed by atoms with van der Waals surface area (Å²) in [5.74, 6) is 1.21. The molecule has 0 aromatic carbocycles. The predicted octanol–water partition coefficient (Wildman–Crippen LogP) is 2.67. The molecule has 4 heteroatoms. The molecule has 0 amide bonds. The van der Waals surface area contributed by atoms with Gasteiger partial charge in [-0.2, -0.15) is 0 Å². The van der Waals surface area contributed by atoms with Gasteiger partial charge < -0.3 is 4.57 Å². The van der Waals surface area contributed by atoms with Crippen LogP contribution in [0.4, 0.5) is 0 Å². The SMILES string of the molecule is CCn1ccnc1CC(=O)C(C)(CC)N1CCCCC1. The van der Waals surface area contributed by atoms with Crippen LogP contribution in [0.1, 0.15) is 52.3 Å². The minimum atomic E-state index is -0.328. The molecule has 0 bridgehead atoms. The van der Waals surface area contributed by atoms with Crippen LogP contribution in [0.3, 0.4) is 0 Å². The fourth-order valence-corrected chi connectivity index (χ4v) is 3.11. The molecule has 0 N–H and O–H groups in total. The summed E-state index contributed by atoms with van der Waals surface area (Å²) in [4.78, 5) is 19.6. The lowest BCUT2D eigenvalue weighted by Gasteiger charge is -2.41. The second-order valence-electron chi connectivity index (χ2n) is 5.90. The van der Waals surface area contributed by atoms with Gasteiger partial charge in [-0.3, -0.25) is 9.69 Å². The molecule has 20 heavy (non-hydrogen) atoms. The number of hydrogen-bond acceptors (Lipinski definition) is 3. The summed E-state index contributed by atoms with van der Waals surface area (Å²) in [6, 6.07) is 0. The number of carbonyl (C=O) groups excluding carboxylic acids is 1. The molecule has 4 nitrogen and oxygen atoms in total. The van der Waals surface area contributed by atoms with E-state index in [1.165, 1.54) is 19.3 Å². The lowest BCUT2D eigenvalue weighted by atomic mass is 9.87. The molecular weight excluding hydrogens is 250 g/mol. The Kier molecular flexibility index (Phi) is 4.97. The number of imidazole rings is 1. The van der Waals surface area contributed by atoms with Gasteiger partial charge in [0.05, 0.1) is 12.0 Å². The van der Waals surface area contributed by atoms with E-state index in [9.17, 15) is 4.79 Å². The summed E-state index contributed by atoms with van der Waals surface area (Å²) in [6.07, 6.45) is 8.78. The Bertz CT molecular complexity index is 448. The number of Topliss-reactive ketones (excluding diaryl/α,β-unsaturated/α-hetero) is 1. The van der Waals surface area contributed by atoms with E-state index in [0.717, 1.165) is 31.9 Å². The van der Waals surface area contributed by atoms with Crippen molar-refractivity contribution >= 4 is 5.78 Å². The van der Waals surface area contributed by atoms with E-state index < -0.39 is 0 Å². The maximum absolute atomic E-state index is 12.8. The second kappa shape index (κ2) is 6.53. The van der Waals surface area contributed by atoms with E-state index in [4.69, 9.17) is 0 Å². The van der Waals surface area contributed by atoms with Crippen LogP contribution in [-0.4, -0.2) is 38.9 Å². The Balaban J connectivity index is 2.11. The number of piperidine rings is 1. The number of aryl methyl sites for hydroxylation is 1. The van der Waals surface area contributed by atoms with Gasteiger partial charge in [0, 0.05) is 18.9 Å². The molecule has 1 aliphatic rings. The topological polar surface area (TPSA) is 38.1 Å². The highest BCUT2D eigenvalue weighted by molar-refractivity contribution is 5.89. The quantitative estimate of drug-likeness (QED) is 0.802. The van der Waals surface area contributed by atoms with Gasteiger partial charge in [-0.15, -0.1) is 0 Å². The molecule has 2 rings (SSSR count). The number of rotatable bonds is 6. The molecule has 1 aliphatic heterocycles. The Morgan fingerprint density at radius 1 is 1.30 bits per heavy atom. The first kappa shape index (κ1) is 15.2. The Morgan fingerprint density at radius 3 is 2.60 bits per heavy atom. The average Bonchev–Trinajstić information content (AvgIpc) is 2.94. The normalized spacial score (nSPS) is 19.8. The van der Waals surface area contributed by atoms with Crippen LogP contribution in [0.15, 0.2) is 12.4 Å². The third kappa shape index (κ3) is 2.95. The summed E-state index contributed by atoms with van der Waals surface area (Å²) in [6.45, 7) is 9.30. The molecule has 0 spiro atoms. The maximum Gasteiger partial charge on any atom is 0.160 e. The summed E-state index contributed by atoms with van der Waals surface area (Å²) in [7, 11) is 0.